The molecule has 5 heteroatoms. The highest BCUT2D eigenvalue weighted by Gasteiger charge is 2.40. The van der Waals surface area contributed by atoms with E-state index in [-0.39, 0.29) is 0 Å². The Balaban J connectivity index is 2.61. The van der Waals surface area contributed by atoms with Crippen LogP contribution in [0.2, 0.25) is 0 Å². The van der Waals surface area contributed by atoms with Gasteiger partial charge in [0.15, 0.2) is 0 Å². The van der Waals surface area contributed by atoms with Gasteiger partial charge in [-0.2, -0.15) is 5.26 Å². The normalized spacial score (nSPS) is 21.9. The van der Waals surface area contributed by atoms with Gasteiger partial charge in [0.25, 0.3) is 0 Å². The molecule has 0 bridgehead atoms. The minimum absolute atomic E-state index is 0.324. The van der Waals surface area contributed by atoms with Crippen molar-refractivity contribution in [2.45, 2.75) is 12.8 Å². The third kappa shape index (κ3) is 2.28. The highest BCUT2D eigenvalue weighted by Crippen LogP contribution is 2.37. The summed E-state index contributed by atoms with van der Waals surface area (Å²) in [5, 5.41) is 11.8. The Morgan fingerprint density at radius 2 is 2.00 bits per heavy atom. The molecule has 0 aromatic heterocycles. The third-order valence-corrected chi connectivity index (χ3v) is 3.34. The molecule has 1 aromatic carbocycles. The van der Waals surface area contributed by atoms with Crippen LogP contribution in [0, 0.1) is 17.2 Å². The van der Waals surface area contributed by atoms with E-state index in [1.165, 1.54) is 7.11 Å². The van der Waals surface area contributed by atoms with Crippen LogP contribution < -0.4 is 5.32 Å². The van der Waals surface area contributed by atoms with Gasteiger partial charge in [-0.05, 0) is 12.5 Å². The quantitative estimate of drug-likeness (QED) is 0.826. The van der Waals surface area contributed by atoms with Crippen molar-refractivity contribution >= 4 is 11.9 Å². The standard InChI is InChI=1S/C15H14N2O3/c1-9-12(15(19)20-2)13(10-6-4-3-5-7-10)11(8-16)14(18)17-9/h3-7,11,13H,1-2H3,(H,17,18)/t11-,13+/m1/s1. The molecule has 1 heterocycles. The largest absolute Gasteiger partial charge is 0.466 e. The van der Waals surface area contributed by atoms with Crippen molar-refractivity contribution in [3.05, 3.63) is 47.2 Å². The molecule has 1 N–H and O–H groups in total. The molecule has 0 radical (unpaired) electrons. The van der Waals surface area contributed by atoms with Crippen molar-refractivity contribution in [1.29, 1.82) is 5.26 Å². The summed E-state index contributed by atoms with van der Waals surface area (Å²) < 4.78 is 4.78. The predicted molar refractivity (Wildman–Crippen MR) is 71.1 cm³/mol. The molecule has 5 nitrogen and oxygen atoms in total. The number of methoxy groups -OCH3 is 1. The van der Waals surface area contributed by atoms with Crippen LogP contribution in [-0.4, -0.2) is 19.0 Å². The summed E-state index contributed by atoms with van der Waals surface area (Å²) in [6, 6.07) is 11.0. The zero-order valence-corrected chi connectivity index (χ0v) is 11.2. The lowest BCUT2D eigenvalue weighted by Crippen LogP contribution is -2.41. The number of rotatable bonds is 2. The molecule has 2 atom stereocenters. The van der Waals surface area contributed by atoms with E-state index in [0.717, 1.165) is 5.56 Å². The molecule has 1 aliphatic rings. The van der Waals surface area contributed by atoms with Gasteiger partial charge in [-0.3, -0.25) is 4.79 Å². The van der Waals surface area contributed by atoms with Gasteiger partial charge in [0.1, 0.15) is 5.92 Å². The van der Waals surface area contributed by atoms with E-state index < -0.39 is 23.7 Å². The Labute approximate surface area is 116 Å². The van der Waals surface area contributed by atoms with Crippen LogP contribution in [0.3, 0.4) is 0 Å². The maximum Gasteiger partial charge on any atom is 0.336 e. The molecule has 0 spiro atoms. The first-order chi connectivity index (χ1) is 9.60. The van der Waals surface area contributed by atoms with Crippen molar-refractivity contribution < 1.29 is 14.3 Å². The number of nitriles is 1. The van der Waals surface area contributed by atoms with Crippen molar-refractivity contribution in [3.63, 3.8) is 0 Å². The summed E-state index contributed by atoms with van der Waals surface area (Å²) in [4.78, 5) is 23.9. The Morgan fingerprint density at radius 1 is 1.35 bits per heavy atom. The van der Waals surface area contributed by atoms with Crippen LogP contribution in [0.15, 0.2) is 41.6 Å². The van der Waals surface area contributed by atoms with E-state index in [9.17, 15) is 14.9 Å². The highest BCUT2D eigenvalue weighted by molar-refractivity contribution is 5.97. The summed E-state index contributed by atoms with van der Waals surface area (Å²) in [6.07, 6.45) is 0. The smallest absolute Gasteiger partial charge is 0.336 e. The molecular formula is C15H14N2O3. The molecule has 1 aliphatic heterocycles. The first kappa shape index (κ1) is 13.8. The van der Waals surface area contributed by atoms with Gasteiger partial charge in [0.05, 0.1) is 18.8 Å². The second-order valence-corrected chi connectivity index (χ2v) is 4.51. The molecule has 2 rings (SSSR count). The van der Waals surface area contributed by atoms with Gasteiger partial charge in [0.2, 0.25) is 5.91 Å². The zero-order valence-electron chi connectivity index (χ0n) is 11.2. The number of nitrogens with zero attached hydrogens (tertiary/aromatic N) is 1. The number of hydrogen-bond acceptors (Lipinski definition) is 4. The van der Waals surface area contributed by atoms with E-state index in [1.54, 1.807) is 31.2 Å². The summed E-state index contributed by atoms with van der Waals surface area (Å²) in [5.74, 6) is -2.49. The van der Waals surface area contributed by atoms with Gasteiger partial charge in [-0.1, -0.05) is 30.3 Å². The minimum Gasteiger partial charge on any atom is -0.466 e. The molecule has 0 aliphatic carbocycles. The van der Waals surface area contributed by atoms with Gasteiger partial charge in [-0.25, -0.2) is 4.79 Å². The number of hydrogen-bond donors (Lipinski definition) is 1. The molecule has 0 unspecified atom stereocenters. The first-order valence-corrected chi connectivity index (χ1v) is 6.14. The van der Waals surface area contributed by atoms with Crippen LogP contribution >= 0.6 is 0 Å². The average molecular weight is 270 g/mol. The van der Waals surface area contributed by atoms with Gasteiger partial charge in [0, 0.05) is 11.6 Å². The van der Waals surface area contributed by atoms with Crippen LogP contribution in [0.4, 0.5) is 0 Å². The Kier molecular flexibility index (Phi) is 3.85. The van der Waals surface area contributed by atoms with Crippen LogP contribution in [0.5, 0.6) is 0 Å². The second kappa shape index (κ2) is 5.57. The molecular weight excluding hydrogens is 256 g/mol. The molecule has 20 heavy (non-hydrogen) atoms. The lowest BCUT2D eigenvalue weighted by molar-refractivity contribution is -0.137. The molecule has 102 valence electrons. The number of carbonyl (C=O) groups excluding carboxylic acids is 2. The lowest BCUT2D eigenvalue weighted by atomic mass is 9.77. The molecule has 0 saturated carbocycles. The third-order valence-electron chi connectivity index (χ3n) is 3.34. The SMILES string of the molecule is COC(=O)C1=C(C)NC(=O)[C@H](C#N)[C@@H]1c1ccccc1. The van der Waals surface area contributed by atoms with Crippen LogP contribution in [0.25, 0.3) is 0 Å². The Hall–Kier alpha value is -2.61. The summed E-state index contributed by atoms with van der Waals surface area (Å²) in [6.45, 7) is 1.63. The topological polar surface area (TPSA) is 79.2 Å². The van der Waals surface area contributed by atoms with Crippen LogP contribution in [-0.2, 0) is 14.3 Å². The number of amides is 1. The fourth-order valence-electron chi connectivity index (χ4n) is 2.42. The van der Waals surface area contributed by atoms with Crippen LogP contribution in [0.1, 0.15) is 18.4 Å². The van der Waals surface area contributed by atoms with Gasteiger partial charge < -0.3 is 10.1 Å². The lowest BCUT2D eigenvalue weighted by Gasteiger charge is -2.29. The summed E-state index contributed by atoms with van der Waals surface area (Å²) in [5.41, 5.74) is 1.50. The van der Waals surface area contributed by atoms with Crippen molar-refractivity contribution in [2.75, 3.05) is 7.11 Å². The van der Waals surface area contributed by atoms with Crippen molar-refractivity contribution in [2.24, 2.45) is 5.92 Å². The minimum atomic E-state index is -0.949. The average Bonchev–Trinajstić information content (AvgIpc) is 2.46. The molecule has 1 aromatic rings. The second-order valence-electron chi connectivity index (χ2n) is 4.51. The highest BCUT2D eigenvalue weighted by atomic mass is 16.5. The monoisotopic (exact) mass is 270 g/mol. The predicted octanol–water partition coefficient (Wildman–Crippen LogP) is 1.49. The summed E-state index contributed by atoms with van der Waals surface area (Å²) in [7, 11) is 1.28. The Bertz CT molecular complexity index is 614. The fraction of sp³-hybridized carbons (Fsp3) is 0.267. The first-order valence-electron chi connectivity index (χ1n) is 6.14. The van der Waals surface area contributed by atoms with Crippen molar-refractivity contribution in [1.82, 2.24) is 5.32 Å². The Morgan fingerprint density at radius 3 is 2.55 bits per heavy atom. The zero-order chi connectivity index (χ0) is 14.7. The summed E-state index contributed by atoms with van der Waals surface area (Å²) >= 11 is 0. The van der Waals surface area contributed by atoms with E-state index in [0.29, 0.717) is 11.3 Å². The number of carbonyl (C=O) groups is 2. The molecule has 0 fully saturated rings. The fourth-order valence-corrected chi connectivity index (χ4v) is 2.42. The number of nitrogens with one attached hydrogen (secondary N) is 1. The van der Waals surface area contributed by atoms with E-state index in [1.807, 2.05) is 12.1 Å². The maximum atomic E-state index is 12.0. The number of allylic oxidation sites excluding steroid dienone is 1. The van der Waals surface area contributed by atoms with E-state index >= 15 is 0 Å². The number of benzene rings is 1. The van der Waals surface area contributed by atoms with Gasteiger partial charge in [-0.15, -0.1) is 0 Å². The van der Waals surface area contributed by atoms with E-state index in [4.69, 9.17) is 4.74 Å². The van der Waals surface area contributed by atoms with E-state index in [2.05, 4.69) is 5.32 Å². The maximum absolute atomic E-state index is 12.0. The van der Waals surface area contributed by atoms with Crippen molar-refractivity contribution in [3.8, 4) is 6.07 Å². The number of esters is 1. The molecule has 1 amide bonds. The molecule has 0 saturated heterocycles. The number of ether oxygens (including phenoxy) is 1. The van der Waals surface area contributed by atoms with Gasteiger partial charge >= 0.3 is 5.97 Å².